The zero-order valence-corrected chi connectivity index (χ0v) is 24.7. The third kappa shape index (κ3) is 15.6. The van der Waals surface area contributed by atoms with E-state index >= 15 is 0 Å². The monoisotopic (exact) mass is 584 g/mol. The number of hydrogen-bond acceptors (Lipinski definition) is 12. The van der Waals surface area contributed by atoms with Crippen molar-refractivity contribution in [2.75, 3.05) is 39.6 Å². The van der Waals surface area contributed by atoms with Gasteiger partial charge >= 0.3 is 35.8 Å². The smallest absolute Gasteiger partial charge is 0.334 e. The van der Waals surface area contributed by atoms with Crippen molar-refractivity contribution in [2.24, 2.45) is 11.8 Å². The highest BCUT2D eigenvalue weighted by Crippen LogP contribution is 2.20. The normalized spacial score (nSPS) is 11.8. The van der Waals surface area contributed by atoms with E-state index in [9.17, 15) is 28.8 Å². The predicted molar refractivity (Wildman–Crippen MR) is 146 cm³/mol. The van der Waals surface area contributed by atoms with E-state index in [2.05, 4.69) is 13.2 Å². The second kappa shape index (κ2) is 22.0. The van der Waals surface area contributed by atoms with E-state index in [1.807, 2.05) is 0 Å². The van der Waals surface area contributed by atoms with Crippen LogP contribution in [0.5, 0.6) is 0 Å². The zero-order valence-electron chi connectivity index (χ0n) is 24.7. The van der Waals surface area contributed by atoms with Crippen molar-refractivity contribution in [3.63, 3.8) is 0 Å². The van der Waals surface area contributed by atoms with Crippen molar-refractivity contribution in [1.82, 2.24) is 0 Å². The van der Waals surface area contributed by atoms with Gasteiger partial charge < -0.3 is 28.4 Å². The molecule has 0 aliphatic rings. The Kier molecular flexibility index (Phi) is 20.1. The predicted octanol–water partition coefficient (Wildman–Crippen LogP) is 3.40. The van der Waals surface area contributed by atoms with Crippen LogP contribution in [0.25, 0.3) is 0 Å². The van der Waals surface area contributed by atoms with E-state index in [1.165, 1.54) is 0 Å². The van der Waals surface area contributed by atoms with Crippen LogP contribution in [0, 0.1) is 11.8 Å². The lowest BCUT2D eigenvalue weighted by Gasteiger charge is -2.18. The summed E-state index contributed by atoms with van der Waals surface area (Å²) in [6, 6.07) is 0. The summed E-state index contributed by atoms with van der Waals surface area (Å²) in [5.41, 5.74) is -0.482. The first-order chi connectivity index (χ1) is 19.5. The topological polar surface area (TPSA) is 158 Å². The van der Waals surface area contributed by atoms with Crippen molar-refractivity contribution in [1.29, 1.82) is 0 Å². The number of ether oxygens (including phenoxy) is 6. The Bertz CT molecular complexity index is 835. The Hall–Kier alpha value is -3.70. The summed E-state index contributed by atoms with van der Waals surface area (Å²) in [5, 5.41) is 0. The van der Waals surface area contributed by atoms with E-state index < -0.39 is 60.5 Å². The van der Waals surface area contributed by atoms with Crippen LogP contribution in [-0.4, -0.2) is 75.5 Å². The molecule has 2 unspecified atom stereocenters. The van der Waals surface area contributed by atoms with Crippen molar-refractivity contribution in [3.8, 4) is 0 Å². The molecule has 0 amide bonds. The molecule has 0 aromatic heterocycles. The second-order valence-electron chi connectivity index (χ2n) is 8.97. The fourth-order valence-corrected chi connectivity index (χ4v) is 3.05. The molecule has 0 bridgehead atoms. The Morgan fingerprint density at radius 3 is 1.12 bits per heavy atom. The van der Waals surface area contributed by atoms with E-state index in [4.69, 9.17) is 28.4 Å². The maximum Gasteiger partial charge on any atom is 0.334 e. The molecule has 0 fully saturated rings. The first-order valence-electron chi connectivity index (χ1n) is 13.9. The minimum Gasteiger partial charge on any atom is -0.466 e. The second-order valence-corrected chi connectivity index (χ2v) is 8.97. The Morgan fingerprint density at radius 2 is 0.805 bits per heavy atom. The standard InChI is InChI=1S/C29H44O12/c1-7-12-36-24(30)18-22(20(5)26(32)38-14-9-3)28(34)40-16-11-17-41-29(35)23(19-25(31)37-13-8-2)21(6)27(33)39-15-10-4/h22-23H,5-19H2,1-4H3. The molecule has 0 aromatic rings. The van der Waals surface area contributed by atoms with Crippen LogP contribution in [0.1, 0.15) is 72.6 Å². The van der Waals surface area contributed by atoms with Crippen LogP contribution in [0.2, 0.25) is 0 Å². The third-order valence-electron chi connectivity index (χ3n) is 5.26. The summed E-state index contributed by atoms with van der Waals surface area (Å²) < 4.78 is 30.4. The first kappa shape index (κ1) is 37.3. The van der Waals surface area contributed by atoms with E-state index in [-0.39, 0.29) is 57.2 Å². The maximum atomic E-state index is 12.7. The van der Waals surface area contributed by atoms with Gasteiger partial charge in [0.25, 0.3) is 0 Å². The van der Waals surface area contributed by atoms with Gasteiger partial charge in [0.2, 0.25) is 0 Å². The van der Waals surface area contributed by atoms with Crippen LogP contribution < -0.4 is 0 Å². The molecule has 0 aliphatic heterocycles. The summed E-state index contributed by atoms with van der Waals surface area (Å²) in [5.74, 6) is -7.48. The van der Waals surface area contributed by atoms with Gasteiger partial charge in [-0.05, 0) is 25.7 Å². The Balaban J connectivity index is 5.13. The van der Waals surface area contributed by atoms with Gasteiger partial charge in [0.1, 0.15) is 0 Å². The molecule has 12 nitrogen and oxygen atoms in total. The number of rotatable bonds is 22. The van der Waals surface area contributed by atoms with Crippen molar-refractivity contribution in [3.05, 3.63) is 24.3 Å². The van der Waals surface area contributed by atoms with Gasteiger partial charge in [-0.1, -0.05) is 40.9 Å². The molecule has 0 heterocycles. The third-order valence-corrected chi connectivity index (χ3v) is 5.26. The van der Waals surface area contributed by atoms with E-state index in [1.54, 1.807) is 27.7 Å². The first-order valence-corrected chi connectivity index (χ1v) is 13.9. The number of carbonyl (C=O) groups excluding carboxylic acids is 6. The van der Waals surface area contributed by atoms with Gasteiger partial charge in [0.05, 0.1) is 64.3 Å². The summed E-state index contributed by atoms with van der Waals surface area (Å²) in [6.45, 7) is 14.5. The maximum absolute atomic E-state index is 12.7. The van der Waals surface area contributed by atoms with Crippen LogP contribution in [0.3, 0.4) is 0 Å². The van der Waals surface area contributed by atoms with Crippen molar-refractivity contribution in [2.45, 2.75) is 72.6 Å². The molecule has 41 heavy (non-hydrogen) atoms. The Morgan fingerprint density at radius 1 is 0.488 bits per heavy atom. The summed E-state index contributed by atoms with van der Waals surface area (Å²) >= 11 is 0. The molecule has 0 saturated heterocycles. The lowest BCUT2D eigenvalue weighted by atomic mass is 9.97. The van der Waals surface area contributed by atoms with Gasteiger partial charge in [-0.3, -0.25) is 19.2 Å². The molecule has 0 rings (SSSR count). The van der Waals surface area contributed by atoms with Crippen LogP contribution in [0.15, 0.2) is 24.3 Å². The lowest BCUT2D eigenvalue weighted by molar-refractivity contribution is -0.158. The molecule has 0 N–H and O–H groups in total. The Labute approximate surface area is 241 Å². The molecule has 0 spiro atoms. The van der Waals surface area contributed by atoms with Crippen molar-refractivity contribution < 1.29 is 57.2 Å². The lowest BCUT2D eigenvalue weighted by Crippen LogP contribution is -2.29. The van der Waals surface area contributed by atoms with Crippen molar-refractivity contribution >= 4 is 35.8 Å². The van der Waals surface area contributed by atoms with Gasteiger partial charge in [0.15, 0.2) is 0 Å². The SMILES string of the molecule is C=C(C(=O)OCCC)C(CC(=O)OCCC)C(=O)OCCCOC(=O)C(CC(=O)OCCC)C(=C)C(=O)OCCC. The molecule has 0 radical (unpaired) electrons. The fraction of sp³-hybridized carbons (Fsp3) is 0.655. The molecular weight excluding hydrogens is 540 g/mol. The van der Waals surface area contributed by atoms with E-state index in [0.717, 1.165) is 0 Å². The highest BCUT2D eigenvalue weighted by molar-refractivity contribution is 5.97. The molecule has 0 aliphatic carbocycles. The van der Waals surface area contributed by atoms with Gasteiger partial charge in [-0.15, -0.1) is 0 Å². The number of esters is 6. The molecule has 2 atom stereocenters. The number of carbonyl (C=O) groups is 6. The highest BCUT2D eigenvalue weighted by Gasteiger charge is 2.33. The van der Waals surface area contributed by atoms with Gasteiger partial charge in [0, 0.05) is 17.6 Å². The van der Waals surface area contributed by atoms with Crippen LogP contribution in [0.4, 0.5) is 0 Å². The summed E-state index contributed by atoms with van der Waals surface area (Å²) in [4.78, 5) is 74.1. The van der Waals surface area contributed by atoms with Gasteiger partial charge in [-0.2, -0.15) is 0 Å². The summed E-state index contributed by atoms with van der Waals surface area (Å²) in [6.07, 6.45) is 1.38. The molecular formula is C29H44O12. The number of hydrogen-bond donors (Lipinski definition) is 0. The largest absolute Gasteiger partial charge is 0.466 e. The van der Waals surface area contributed by atoms with E-state index in [0.29, 0.717) is 25.7 Å². The van der Waals surface area contributed by atoms with Crippen LogP contribution in [-0.2, 0) is 57.2 Å². The molecule has 0 saturated carbocycles. The minimum atomic E-state index is -1.32. The summed E-state index contributed by atoms with van der Waals surface area (Å²) in [7, 11) is 0. The quantitative estimate of drug-likeness (QED) is 0.0791. The average Bonchev–Trinajstić information content (AvgIpc) is 2.96. The highest BCUT2D eigenvalue weighted by atomic mass is 16.6. The van der Waals surface area contributed by atoms with Gasteiger partial charge in [-0.25, -0.2) is 9.59 Å². The minimum absolute atomic E-state index is 0.0387. The molecule has 12 heteroatoms. The fourth-order valence-electron chi connectivity index (χ4n) is 3.05. The van der Waals surface area contributed by atoms with Crippen LogP contribution >= 0.6 is 0 Å². The molecule has 0 aromatic carbocycles. The average molecular weight is 585 g/mol. The zero-order chi connectivity index (χ0) is 31.2. The molecule has 232 valence electrons.